The second-order valence-corrected chi connectivity index (χ2v) is 7.99. The van der Waals surface area contributed by atoms with Crippen LogP contribution in [0.1, 0.15) is 25.0 Å². The lowest BCUT2D eigenvalue weighted by atomic mass is 10.1. The summed E-state index contributed by atoms with van der Waals surface area (Å²) >= 11 is 2.04. The van der Waals surface area contributed by atoms with Crippen LogP contribution in [0.15, 0.2) is 29.3 Å². The Kier molecular flexibility index (Phi) is 8.71. The first-order chi connectivity index (χ1) is 10.5. The average Bonchev–Trinajstić information content (AvgIpc) is 2.48. The monoisotopic (exact) mass is 449 g/mol. The lowest BCUT2D eigenvalue weighted by Crippen LogP contribution is -2.50. The molecule has 0 atom stereocenters. The molecule has 1 fully saturated rings. The van der Waals surface area contributed by atoms with Crippen molar-refractivity contribution in [2.45, 2.75) is 31.7 Å². The van der Waals surface area contributed by atoms with E-state index < -0.39 is 0 Å². The second kappa shape index (κ2) is 9.74. The number of benzene rings is 1. The number of guanidine groups is 1. The van der Waals surface area contributed by atoms with Crippen molar-refractivity contribution >= 4 is 41.7 Å². The summed E-state index contributed by atoms with van der Waals surface area (Å²) in [4.78, 5) is 6.81. The number of hydrogen-bond donors (Lipinski definition) is 1. The Morgan fingerprint density at radius 1 is 1.39 bits per heavy atom. The zero-order valence-electron chi connectivity index (χ0n) is 14.5. The van der Waals surface area contributed by atoms with Crippen molar-refractivity contribution in [1.29, 1.82) is 0 Å². The van der Waals surface area contributed by atoms with Gasteiger partial charge in [-0.15, -0.1) is 24.0 Å². The summed E-state index contributed by atoms with van der Waals surface area (Å²) in [7, 11) is 3.58. The number of halogens is 1. The van der Waals surface area contributed by atoms with E-state index in [0.717, 1.165) is 31.3 Å². The van der Waals surface area contributed by atoms with E-state index in [2.05, 4.69) is 53.3 Å². The van der Waals surface area contributed by atoms with Gasteiger partial charge in [-0.3, -0.25) is 4.99 Å². The minimum absolute atomic E-state index is 0. The number of aliphatic imine (C=N–C) groups is 1. The predicted octanol–water partition coefficient (Wildman–Crippen LogP) is 3.35. The van der Waals surface area contributed by atoms with Gasteiger partial charge in [0.1, 0.15) is 0 Å². The van der Waals surface area contributed by atoms with Gasteiger partial charge in [-0.05, 0) is 25.0 Å². The highest BCUT2D eigenvalue weighted by Gasteiger charge is 2.28. The molecule has 0 bridgehead atoms. The van der Waals surface area contributed by atoms with Gasteiger partial charge >= 0.3 is 0 Å². The van der Waals surface area contributed by atoms with Gasteiger partial charge in [-0.25, -0.2) is 0 Å². The van der Waals surface area contributed by atoms with Gasteiger partial charge < -0.3 is 15.0 Å². The van der Waals surface area contributed by atoms with Gasteiger partial charge in [-0.1, -0.05) is 24.3 Å². The van der Waals surface area contributed by atoms with Gasteiger partial charge in [-0.2, -0.15) is 11.8 Å². The van der Waals surface area contributed by atoms with Crippen molar-refractivity contribution in [2.75, 3.05) is 33.0 Å². The van der Waals surface area contributed by atoms with E-state index in [1.54, 1.807) is 7.11 Å². The Balaban J connectivity index is 0.00000264. The van der Waals surface area contributed by atoms with E-state index in [1.165, 1.54) is 11.1 Å². The van der Waals surface area contributed by atoms with E-state index in [4.69, 9.17) is 4.74 Å². The quantitative estimate of drug-likeness (QED) is 0.435. The number of rotatable bonds is 4. The maximum Gasteiger partial charge on any atom is 0.193 e. The summed E-state index contributed by atoms with van der Waals surface area (Å²) < 4.78 is 5.48. The van der Waals surface area contributed by atoms with Crippen LogP contribution < -0.4 is 5.32 Å². The van der Waals surface area contributed by atoms with E-state index >= 15 is 0 Å². The smallest absolute Gasteiger partial charge is 0.193 e. The first kappa shape index (κ1) is 20.6. The topological polar surface area (TPSA) is 36.9 Å². The fraction of sp³-hybridized carbons (Fsp3) is 0.588. The van der Waals surface area contributed by atoms with Crippen molar-refractivity contribution < 1.29 is 4.74 Å². The summed E-state index contributed by atoms with van der Waals surface area (Å²) in [5.74, 6) is 2.14. The molecule has 1 aliphatic heterocycles. The lowest BCUT2D eigenvalue weighted by molar-refractivity contribution is 0.185. The minimum Gasteiger partial charge on any atom is -0.380 e. The Labute approximate surface area is 161 Å². The second-order valence-electron chi connectivity index (χ2n) is 6.18. The summed E-state index contributed by atoms with van der Waals surface area (Å²) in [6, 6.07) is 8.48. The molecule has 1 aromatic rings. The van der Waals surface area contributed by atoms with Crippen LogP contribution in [0, 0.1) is 0 Å². The number of nitrogens with one attached hydrogen (secondary N) is 1. The van der Waals surface area contributed by atoms with Crippen molar-refractivity contribution in [3.8, 4) is 0 Å². The number of thioether (sulfide) groups is 1. The van der Waals surface area contributed by atoms with Crippen LogP contribution in [0.25, 0.3) is 0 Å². The van der Waals surface area contributed by atoms with E-state index in [-0.39, 0.29) is 28.7 Å². The van der Waals surface area contributed by atoms with Crippen molar-refractivity contribution in [1.82, 2.24) is 10.2 Å². The highest BCUT2D eigenvalue weighted by atomic mass is 127. The van der Waals surface area contributed by atoms with Crippen molar-refractivity contribution in [3.63, 3.8) is 0 Å². The van der Waals surface area contributed by atoms with Gasteiger partial charge in [0, 0.05) is 44.3 Å². The Bertz CT molecular complexity index is 522. The molecular formula is C17H28IN3OS. The number of ether oxygens (including phenoxy) is 1. The summed E-state index contributed by atoms with van der Waals surface area (Å²) in [6.45, 7) is 8.11. The fourth-order valence-corrected chi connectivity index (χ4v) is 3.82. The molecule has 130 valence electrons. The zero-order chi connectivity index (χ0) is 16.0. The Morgan fingerprint density at radius 2 is 2.13 bits per heavy atom. The third kappa shape index (κ3) is 6.51. The van der Waals surface area contributed by atoms with E-state index in [1.807, 2.05) is 18.8 Å². The standard InChI is InChI=1S/C17H27N3OS.HI/c1-17(2)13-20(8-9-22-17)16(18-3)19-11-14-6-5-7-15(10-14)12-21-4;/h5-7,10H,8-9,11-13H2,1-4H3,(H,18,19);1H. The third-order valence-corrected chi connectivity index (χ3v) is 4.99. The lowest BCUT2D eigenvalue weighted by Gasteiger charge is -2.39. The highest BCUT2D eigenvalue weighted by Crippen LogP contribution is 2.29. The van der Waals surface area contributed by atoms with Gasteiger partial charge in [0.15, 0.2) is 5.96 Å². The molecule has 0 amide bonds. The maximum atomic E-state index is 5.19. The third-order valence-electron chi connectivity index (χ3n) is 3.69. The first-order valence-corrected chi connectivity index (χ1v) is 8.69. The number of nitrogens with zero attached hydrogens (tertiary/aromatic N) is 2. The number of methoxy groups -OCH3 is 1. The average molecular weight is 449 g/mol. The van der Waals surface area contributed by atoms with Crippen LogP contribution in [0.4, 0.5) is 0 Å². The van der Waals surface area contributed by atoms with Crippen LogP contribution in [0.5, 0.6) is 0 Å². The minimum atomic E-state index is 0. The van der Waals surface area contributed by atoms with Crippen LogP contribution in [0.2, 0.25) is 0 Å². The molecular weight excluding hydrogens is 421 g/mol. The molecule has 2 rings (SSSR count). The molecule has 0 spiro atoms. The molecule has 0 unspecified atom stereocenters. The van der Waals surface area contributed by atoms with Crippen LogP contribution >= 0.6 is 35.7 Å². The molecule has 1 N–H and O–H groups in total. The summed E-state index contributed by atoms with van der Waals surface area (Å²) in [6.07, 6.45) is 0. The molecule has 0 radical (unpaired) electrons. The van der Waals surface area contributed by atoms with Gasteiger partial charge in [0.05, 0.1) is 6.61 Å². The fourth-order valence-electron chi connectivity index (χ4n) is 2.71. The highest BCUT2D eigenvalue weighted by molar-refractivity contribution is 14.0. The molecule has 0 saturated carbocycles. The van der Waals surface area contributed by atoms with Crippen molar-refractivity contribution in [2.24, 2.45) is 4.99 Å². The normalized spacial score (nSPS) is 17.6. The van der Waals surface area contributed by atoms with Crippen LogP contribution in [0.3, 0.4) is 0 Å². The molecule has 0 aromatic heterocycles. The molecule has 0 aliphatic carbocycles. The molecule has 1 aliphatic rings. The van der Waals surface area contributed by atoms with E-state index in [9.17, 15) is 0 Å². The largest absolute Gasteiger partial charge is 0.380 e. The Hall–Kier alpha value is -0.470. The molecule has 6 heteroatoms. The van der Waals surface area contributed by atoms with Crippen LogP contribution in [-0.4, -0.2) is 48.6 Å². The zero-order valence-corrected chi connectivity index (χ0v) is 17.6. The summed E-state index contributed by atoms with van der Waals surface area (Å²) in [5, 5.41) is 3.49. The van der Waals surface area contributed by atoms with E-state index in [0.29, 0.717) is 6.61 Å². The molecule has 23 heavy (non-hydrogen) atoms. The Morgan fingerprint density at radius 3 is 2.78 bits per heavy atom. The van der Waals surface area contributed by atoms with Crippen molar-refractivity contribution in [3.05, 3.63) is 35.4 Å². The SMILES string of the molecule is CN=C(NCc1cccc(COC)c1)N1CCSC(C)(C)C1.I. The van der Waals surface area contributed by atoms with Gasteiger partial charge in [0.25, 0.3) is 0 Å². The molecule has 1 aromatic carbocycles. The first-order valence-electron chi connectivity index (χ1n) is 7.70. The van der Waals surface area contributed by atoms with Crippen LogP contribution in [-0.2, 0) is 17.9 Å². The molecule has 4 nitrogen and oxygen atoms in total. The van der Waals surface area contributed by atoms with Gasteiger partial charge in [0.2, 0.25) is 0 Å². The maximum absolute atomic E-state index is 5.19. The number of hydrogen-bond acceptors (Lipinski definition) is 3. The summed E-state index contributed by atoms with van der Waals surface area (Å²) in [5.41, 5.74) is 2.45. The molecule has 1 heterocycles. The predicted molar refractivity (Wildman–Crippen MR) is 111 cm³/mol. The molecule has 1 saturated heterocycles.